The lowest BCUT2D eigenvalue weighted by Crippen LogP contribution is -2.12. The first-order valence-corrected chi connectivity index (χ1v) is 5.83. The maximum Gasteiger partial charge on any atom is 0.277 e. The summed E-state index contributed by atoms with van der Waals surface area (Å²) in [5.74, 6) is 0.175. The van der Waals surface area contributed by atoms with Gasteiger partial charge in [0.1, 0.15) is 5.69 Å². The number of aromatic amines is 1. The maximum atomic E-state index is 11.7. The van der Waals surface area contributed by atoms with Gasteiger partial charge in [-0.15, -0.1) is 0 Å². The first kappa shape index (κ1) is 9.98. The van der Waals surface area contributed by atoms with Crippen LogP contribution in [0.5, 0.6) is 0 Å². The summed E-state index contributed by atoms with van der Waals surface area (Å²) in [7, 11) is 0. The van der Waals surface area contributed by atoms with Crippen molar-refractivity contribution in [2.24, 2.45) is 0 Å². The number of aromatic nitrogens is 3. The highest BCUT2D eigenvalue weighted by molar-refractivity contribution is 7.03. The van der Waals surface area contributed by atoms with E-state index in [0.29, 0.717) is 11.6 Å². The molecule has 0 aliphatic rings. The Hall–Kier alpha value is -2.21. The van der Waals surface area contributed by atoms with Crippen LogP contribution in [0.1, 0.15) is 10.5 Å². The van der Waals surface area contributed by atoms with Gasteiger partial charge in [-0.25, -0.2) is 4.98 Å². The van der Waals surface area contributed by atoms with Crippen molar-refractivity contribution in [3.05, 3.63) is 41.4 Å². The standard InChI is InChI=1S/C11H8N4OS/c16-10(9-5-6-17-15-9)14-11-12-7-3-1-2-4-8(7)13-11/h1-6H,(H2,12,13,14,16). The van der Waals surface area contributed by atoms with Crippen molar-refractivity contribution in [2.75, 3.05) is 5.32 Å². The number of amides is 1. The van der Waals surface area contributed by atoms with Gasteiger partial charge in [0.05, 0.1) is 11.0 Å². The van der Waals surface area contributed by atoms with Gasteiger partial charge in [0, 0.05) is 5.38 Å². The lowest BCUT2D eigenvalue weighted by molar-refractivity contribution is 0.102. The van der Waals surface area contributed by atoms with Crippen molar-refractivity contribution in [1.82, 2.24) is 14.3 Å². The van der Waals surface area contributed by atoms with E-state index in [2.05, 4.69) is 19.7 Å². The van der Waals surface area contributed by atoms with Crippen molar-refractivity contribution in [3.8, 4) is 0 Å². The molecule has 1 aromatic carbocycles. The number of hydrogen-bond acceptors (Lipinski definition) is 4. The van der Waals surface area contributed by atoms with E-state index in [9.17, 15) is 4.79 Å². The lowest BCUT2D eigenvalue weighted by Gasteiger charge is -1.96. The molecule has 0 saturated carbocycles. The summed E-state index contributed by atoms with van der Waals surface area (Å²) in [6.45, 7) is 0. The number of nitrogens with zero attached hydrogens (tertiary/aromatic N) is 2. The Bertz CT molecular complexity index is 626. The molecule has 84 valence electrons. The van der Waals surface area contributed by atoms with Crippen molar-refractivity contribution >= 4 is 34.4 Å². The molecule has 2 aromatic heterocycles. The average Bonchev–Trinajstić information content (AvgIpc) is 2.97. The van der Waals surface area contributed by atoms with Gasteiger partial charge < -0.3 is 4.98 Å². The number of benzene rings is 1. The van der Waals surface area contributed by atoms with Crippen LogP contribution >= 0.6 is 11.5 Å². The molecule has 17 heavy (non-hydrogen) atoms. The Morgan fingerprint density at radius 2 is 2.18 bits per heavy atom. The number of imidazole rings is 1. The molecule has 2 N–H and O–H groups in total. The normalized spacial score (nSPS) is 10.6. The SMILES string of the molecule is O=C(Nc1nc2ccccc2[nH]1)c1ccsn1. The zero-order valence-electron chi connectivity index (χ0n) is 8.68. The van der Waals surface area contributed by atoms with E-state index in [1.165, 1.54) is 11.5 Å². The monoisotopic (exact) mass is 244 g/mol. The smallest absolute Gasteiger partial charge is 0.277 e. The molecule has 3 rings (SSSR count). The minimum absolute atomic E-state index is 0.259. The van der Waals surface area contributed by atoms with Crippen LogP contribution in [0.4, 0.5) is 5.95 Å². The van der Waals surface area contributed by atoms with Gasteiger partial charge in [0.2, 0.25) is 5.95 Å². The maximum absolute atomic E-state index is 11.7. The van der Waals surface area contributed by atoms with E-state index in [1.54, 1.807) is 11.4 Å². The van der Waals surface area contributed by atoms with Crippen LogP contribution in [0.25, 0.3) is 11.0 Å². The second-order valence-electron chi connectivity index (χ2n) is 3.44. The Morgan fingerprint density at radius 1 is 1.29 bits per heavy atom. The highest BCUT2D eigenvalue weighted by Gasteiger charge is 2.10. The molecule has 0 unspecified atom stereocenters. The molecule has 0 aliphatic heterocycles. The van der Waals surface area contributed by atoms with Crippen LogP contribution in [-0.2, 0) is 0 Å². The summed E-state index contributed by atoms with van der Waals surface area (Å²) in [6.07, 6.45) is 0. The number of fused-ring (bicyclic) bond motifs is 1. The number of rotatable bonds is 2. The Labute approximate surface area is 101 Å². The third kappa shape index (κ3) is 1.90. The number of para-hydroxylation sites is 2. The minimum Gasteiger partial charge on any atom is -0.324 e. The average molecular weight is 244 g/mol. The summed E-state index contributed by atoms with van der Waals surface area (Å²) in [4.78, 5) is 19.0. The number of hydrogen-bond donors (Lipinski definition) is 2. The molecule has 0 radical (unpaired) electrons. The molecule has 3 aromatic rings. The Balaban J connectivity index is 1.88. The number of H-pyrrole nitrogens is 1. The molecule has 5 nitrogen and oxygen atoms in total. The quantitative estimate of drug-likeness (QED) is 0.726. The van der Waals surface area contributed by atoms with Gasteiger partial charge in [-0.2, -0.15) is 4.37 Å². The first-order valence-electron chi connectivity index (χ1n) is 4.99. The summed E-state index contributed by atoms with van der Waals surface area (Å²) in [5, 5.41) is 4.43. The second-order valence-corrected chi connectivity index (χ2v) is 4.11. The molecule has 0 saturated heterocycles. The third-order valence-electron chi connectivity index (χ3n) is 2.29. The predicted octanol–water partition coefficient (Wildman–Crippen LogP) is 2.27. The largest absolute Gasteiger partial charge is 0.324 e. The van der Waals surface area contributed by atoms with Crippen LogP contribution in [0.15, 0.2) is 35.7 Å². The topological polar surface area (TPSA) is 70.7 Å². The highest BCUT2D eigenvalue weighted by Crippen LogP contribution is 2.13. The molecule has 2 heterocycles. The van der Waals surface area contributed by atoms with Crippen molar-refractivity contribution < 1.29 is 4.79 Å². The second kappa shape index (κ2) is 3.99. The van der Waals surface area contributed by atoms with Gasteiger partial charge in [-0.05, 0) is 29.7 Å². The number of carbonyl (C=O) groups excluding carboxylic acids is 1. The summed E-state index contributed by atoms with van der Waals surface area (Å²) in [5.41, 5.74) is 2.11. The predicted molar refractivity (Wildman–Crippen MR) is 66.2 cm³/mol. The van der Waals surface area contributed by atoms with E-state index < -0.39 is 0 Å². The highest BCUT2D eigenvalue weighted by atomic mass is 32.1. The fraction of sp³-hybridized carbons (Fsp3) is 0. The van der Waals surface area contributed by atoms with Gasteiger partial charge in [-0.1, -0.05) is 12.1 Å². The van der Waals surface area contributed by atoms with Gasteiger partial charge >= 0.3 is 0 Å². The molecule has 1 amide bonds. The molecule has 0 fully saturated rings. The van der Waals surface area contributed by atoms with Gasteiger partial charge in [-0.3, -0.25) is 10.1 Å². The molecule has 0 aliphatic carbocycles. The Morgan fingerprint density at radius 3 is 2.94 bits per heavy atom. The molecular weight excluding hydrogens is 236 g/mol. The van der Waals surface area contributed by atoms with E-state index in [4.69, 9.17) is 0 Å². The number of anilines is 1. The first-order chi connectivity index (χ1) is 8.33. The fourth-order valence-electron chi connectivity index (χ4n) is 1.51. The zero-order chi connectivity index (χ0) is 11.7. The Kier molecular flexibility index (Phi) is 2.34. The summed E-state index contributed by atoms with van der Waals surface area (Å²) >= 11 is 1.24. The fourth-order valence-corrected chi connectivity index (χ4v) is 2.02. The van der Waals surface area contributed by atoms with Crippen LogP contribution < -0.4 is 5.32 Å². The van der Waals surface area contributed by atoms with E-state index in [0.717, 1.165) is 11.0 Å². The van der Waals surface area contributed by atoms with Crippen LogP contribution in [0, 0.1) is 0 Å². The summed E-state index contributed by atoms with van der Waals surface area (Å²) < 4.78 is 3.95. The third-order valence-corrected chi connectivity index (χ3v) is 2.85. The van der Waals surface area contributed by atoms with Gasteiger partial charge in [0.25, 0.3) is 5.91 Å². The zero-order valence-corrected chi connectivity index (χ0v) is 9.49. The molecular formula is C11H8N4OS. The van der Waals surface area contributed by atoms with E-state index in [-0.39, 0.29) is 5.91 Å². The van der Waals surface area contributed by atoms with Crippen LogP contribution in [-0.4, -0.2) is 20.2 Å². The van der Waals surface area contributed by atoms with E-state index >= 15 is 0 Å². The van der Waals surface area contributed by atoms with Gasteiger partial charge in [0.15, 0.2) is 0 Å². The number of nitrogens with one attached hydrogen (secondary N) is 2. The van der Waals surface area contributed by atoms with Crippen LogP contribution in [0.2, 0.25) is 0 Å². The summed E-state index contributed by atoms with van der Waals surface area (Å²) in [6, 6.07) is 9.26. The van der Waals surface area contributed by atoms with Crippen molar-refractivity contribution in [2.45, 2.75) is 0 Å². The lowest BCUT2D eigenvalue weighted by atomic mass is 10.3. The minimum atomic E-state index is -0.259. The number of carbonyl (C=O) groups is 1. The van der Waals surface area contributed by atoms with Crippen molar-refractivity contribution in [1.29, 1.82) is 0 Å². The van der Waals surface area contributed by atoms with E-state index in [1.807, 2.05) is 24.3 Å². The molecule has 6 heteroatoms. The van der Waals surface area contributed by atoms with Crippen molar-refractivity contribution in [3.63, 3.8) is 0 Å². The van der Waals surface area contributed by atoms with Crippen LogP contribution in [0.3, 0.4) is 0 Å². The molecule has 0 spiro atoms. The molecule has 0 bridgehead atoms. The molecule has 0 atom stereocenters.